The van der Waals surface area contributed by atoms with Crippen molar-refractivity contribution in [3.63, 3.8) is 0 Å². The number of carbonyl (C=O) groups excluding carboxylic acids is 1. The van der Waals surface area contributed by atoms with Crippen LogP contribution in [0.2, 0.25) is 0 Å². The smallest absolute Gasteiger partial charge is 0.328 e. The molecular weight excluding hydrogens is 272 g/mol. The Balaban J connectivity index is 1.92. The number of rotatable bonds is 6. The molecule has 6 nitrogen and oxygen atoms in total. The highest BCUT2D eigenvalue weighted by Gasteiger charge is 2.37. The SMILES string of the molecule is COC1(CNC(=O)c2ccc(/C=C/C(=O)O)cn2)CCC1. The molecule has 0 aromatic carbocycles. The third kappa shape index (κ3) is 3.88. The summed E-state index contributed by atoms with van der Waals surface area (Å²) in [6.07, 6.45) is 6.93. The molecule has 0 radical (unpaired) electrons. The predicted octanol–water partition coefficient (Wildman–Crippen LogP) is 1.48. The Morgan fingerprint density at radius 3 is 2.71 bits per heavy atom. The minimum Gasteiger partial charge on any atom is -0.478 e. The van der Waals surface area contributed by atoms with E-state index in [0.717, 1.165) is 25.3 Å². The summed E-state index contributed by atoms with van der Waals surface area (Å²) in [5, 5.41) is 11.4. The van der Waals surface area contributed by atoms with Gasteiger partial charge in [0.25, 0.3) is 5.91 Å². The molecule has 0 unspecified atom stereocenters. The van der Waals surface area contributed by atoms with Crippen molar-refractivity contribution in [1.82, 2.24) is 10.3 Å². The molecule has 0 atom stereocenters. The van der Waals surface area contributed by atoms with Crippen LogP contribution in [0.1, 0.15) is 35.3 Å². The van der Waals surface area contributed by atoms with Crippen LogP contribution in [-0.2, 0) is 9.53 Å². The van der Waals surface area contributed by atoms with Crippen LogP contribution in [0.15, 0.2) is 24.4 Å². The second kappa shape index (κ2) is 6.49. The number of amides is 1. The van der Waals surface area contributed by atoms with E-state index in [1.807, 2.05) is 0 Å². The van der Waals surface area contributed by atoms with Crippen molar-refractivity contribution in [1.29, 1.82) is 0 Å². The van der Waals surface area contributed by atoms with Crippen molar-refractivity contribution >= 4 is 18.0 Å². The third-order valence-electron chi connectivity index (χ3n) is 3.71. The third-order valence-corrected chi connectivity index (χ3v) is 3.71. The molecule has 1 aliphatic carbocycles. The Morgan fingerprint density at radius 1 is 1.48 bits per heavy atom. The summed E-state index contributed by atoms with van der Waals surface area (Å²) in [6.45, 7) is 0.477. The topological polar surface area (TPSA) is 88.5 Å². The first-order valence-corrected chi connectivity index (χ1v) is 6.75. The molecule has 0 bridgehead atoms. The lowest BCUT2D eigenvalue weighted by atomic mass is 9.80. The first kappa shape index (κ1) is 15.2. The quantitative estimate of drug-likeness (QED) is 0.775. The molecule has 0 saturated heterocycles. The molecule has 2 N–H and O–H groups in total. The number of nitrogens with zero attached hydrogens (tertiary/aromatic N) is 1. The Morgan fingerprint density at radius 2 is 2.24 bits per heavy atom. The van der Waals surface area contributed by atoms with E-state index in [1.165, 1.54) is 12.3 Å². The molecule has 0 aliphatic heterocycles. The molecule has 112 valence electrons. The Kier molecular flexibility index (Phi) is 4.70. The van der Waals surface area contributed by atoms with Gasteiger partial charge in [0.05, 0.1) is 5.60 Å². The van der Waals surface area contributed by atoms with Gasteiger partial charge in [-0.3, -0.25) is 9.78 Å². The van der Waals surface area contributed by atoms with Gasteiger partial charge in [-0.25, -0.2) is 4.79 Å². The van der Waals surface area contributed by atoms with Crippen molar-refractivity contribution in [2.24, 2.45) is 0 Å². The largest absolute Gasteiger partial charge is 0.478 e. The molecular formula is C15H18N2O4. The summed E-state index contributed by atoms with van der Waals surface area (Å²) in [6, 6.07) is 3.22. The first-order valence-electron chi connectivity index (χ1n) is 6.75. The van der Waals surface area contributed by atoms with Gasteiger partial charge in [0.15, 0.2) is 0 Å². The maximum atomic E-state index is 12.0. The van der Waals surface area contributed by atoms with E-state index in [2.05, 4.69) is 10.3 Å². The van der Waals surface area contributed by atoms with Crippen LogP contribution < -0.4 is 5.32 Å². The van der Waals surface area contributed by atoms with E-state index in [-0.39, 0.29) is 11.5 Å². The zero-order valence-corrected chi connectivity index (χ0v) is 11.8. The lowest BCUT2D eigenvalue weighted by Gasteiger charge is -2.40. The van der Waals surface area contributed by atoms with E-state index >= 15 is 0 Å². The van der Waals surface area contributed by atoms with Crippen LogP contribution in [0.3, 0.4) is 0 Å². The lowest BCUT2D eigenvalue weighted by Crippen LogP contribution is -2.49. The van der Waals surface area contributed by atoms with Crippen LogP contribution >= 0.6 is 0 Å². The van der Waals surface area contributed by atoms with Crippen LogP contribution in [0, 0.1) is 0 Å². The molecule has 1 aromatic heterocycles. The molecule has 21 heavy (non-hydrogen) atoms. The van der Waals surface area contributed by atoms with Crippen molar-refractivity contribution in [3.8, 4) is 0 Å². The fraction of sp³-hybridized carbons (Fsp3) is 0.400. The van der Waals surface area contributed by atoms with Crippen LogP contribution in [-0.4, -0.2) is 41.2 Å². The van der Waals surface area contributed by atoms with Crippen molar-refractivity contribution in [2.75, 3.05) is 13.7 Å². The van der Waals surface area contributed by atoms with Gasteiger partial charge in [-0.1, -0.05) is 6.07 Å². The van der Waals surface area contributed by atoms with Crippen LogP contribution in [0.5, 0.6) is 0 Å². The van der Waals surface area contributed by atoms with Crippen molar-refractivity contribution < 1.29 is 19.4 Å². The number of hydrogen-bond acceptors (Lipinski definition) is 4. The monoisotopic (exact) mass is 290 g/mol. The minimum atomic E-state index is -1.03. The first-order chi connectivity index (χ1) is 10.0. The number of aliphatic carboxylic acids is 1. The fourth-order valence-electron chi connectivity index (χ4n) is 2.16. The number of aromatic nitrogens is 1. The number of hydrogen-bond donors (Lipinski definition) is 2. The highest BCUT2D eigenvalue weighted by molar-refractivity contribution is 5.92. The number of ether oxygens (including phenoxy) is 1. The van der Waals surface area contributed by atoms with Gasteiger partial charge in [-0.05, 0) is 37.0 Å². The fourth-order valence-corrected chi connectivity index (χ4v) is 2.16. The Hall–Kier alpha value is -2.21. The van der Waals surface area contributed by atoms with Crippen molar-refractivity contribution in [3.05, 3.63) is 35.7 Å². The van der Waals surface area contributed by atoms with E-state index in [1.54, 1.807) is 19.2 Å². The minimum absolute atomic E-state index is 0.222. The molecule has 1 amide bonds. The summed E-state index contributed by atoms with van der Waals surface area (Å²) in [4.78, 5) is 26.4. The molecule has 1 fully saturated rings. The maximum absolute atomic E-state index is 12.0. The van der Waals surface area contributed by atoms with E-state index in [4.69, 9.17) is 9.84 Å². The Bertz CT molecular complexity index is 542. The van der Waals surface area contributed by atoms with Gasteiger partial charge in [-0.2, -0.15) is 0 Å². The average molecular weight is 290 g/mol. The van der Waals surface area contributed by atoms with E-state index in [9.17, 15) is 9.59 Å². The van der Waals surface area contributed by atoms with Gasteiger partial charge in [0.1, 0.15) is 5.69 Å². The molecule has 2 rings (SSSR count). The number of pyridine rings is 1. The van der Waals surface area contributed by atoms with Gasteiger partial charge in [0.2, 0.25) is 0 Å². The standard InChI is InChI=1S/C15H18N2O4/c1-21-15(7-2-8-15)10-17-14(20)12-5-3-11(9-16-12)4-6-13(18)19/h3-6,9H,2,7-8,10H2,1H3,(H,17,20)(H,18,19)/b6-4+. The van der Waals surface area contributed by atoms with E-state index < -0.39 is 5.97 Å². The summed E-state index contributed by atoms with van der Waals surface area (Å²) in [5.74, 6) is -1.28. The highest BCUT2D eigenvalue weighted by atomic mass is 16.5. The molecule has 1 saturated carbocycles. The maximum Gasteiger partial charge on any atom is 0.328 e. The normalized spacial score (nSPS) is 16.4. The molecule has 0 spiro atoms. The number of carboxylic acid groups (broad SMARTS) is 1. The summed E-state index contributed by atoms with van der Waals surface area (Å²) < 4.78 is 5.43. The van der Waals surface area contributed by atoms with Gasteiger partial charge < -0.3 is 15.2 Å². The predicted molar refractivity (Wildman–Crippen MR) is 76.8 cm³/mol. The van der Waals surface area contributed by atoms with Crippen LogP contribution in [0.25, 0.3) is 6.08 Å². The van der Waals surface area contributed by atoms with Gasteiger partial charge in [-0.15, -0.1) is 0 Å². The second-order valence-electron chi connectivity index (χ2n) is 5.07. The summed E-state index contributed by atoms with van der Waals surface area (Å²) in [7, 11) is 1.66. The number of carbonyl (C=O) groups is 2. The molecule has 6 heteroatoms. The zero-order chi connectivity index (χ0) is 15.3. The summed E-state index contributed by atoms with van der Waals surface area (Å²) in [5.41, 5.74) is 0.703. The molecule has 1 heterocycles. The van der Waals surface area contributed by atoms with Crippen molar-refractivity contribution in [2.45, 2.75) is 24.9 Å². The Labute approximate surface area is 122 Å². The average Bonchev–Trinajstić information content (AvgIpc) is 2.44. The molecule has 1 aliphatic rings. The van der Waals surface area contributed by atoms with Gasteiger partial charge >= 0.3 is 5.97 Å². The second-order valence-corrected chi connectivity index (χ2v) is 5.07. The molecule has 1 aromatic rings. The number of nitrogens with one attached hydrogen (secondary N) is 1. The van der Waals surface area contributed by atoms with Gasteiger partial charge in [0, 0.05) is 25.9 Å². The highest BCUT2D eigenvalue weighted by Crippen LogP contribution is 2.34. The number of methoxy groups -OCH3 is 1. The number of carboxylic acids is 1. The summed E-state index contributed by atoms with van der Waals surface area (Å²) >= 11 is 0. The van der Waals surface area contributed by atoms with E-state index in [0.29, 0.717) is 17.8 Å². The van der Waals surface area contributed by atoms with Crippen LogP contribution in [0.4, 0.5) is 0 Å². The zero-order valence-electron chi connectivity index (χ0n) is 11.8. The lowest BCUT2D eigenvalue weighted by molar-refractivity contribution is -0.131.